The highest BCUT2D eigenvalue weighted by Crippen LogP contribution is 2.27. The van der Waals surface area contributed by atoms with Gasteiger partial charge in [-0.1, -0.05) is 30.3 Å². The fourth-order valence-electron chi connectivity index (χ4n) is 4.02. The molecule has 3 heterocycles. The summed E-state index contributed by atoms with van der Waals surface area (Å²) in [6, 6.07) is 16.4. The third kappa shape index (κ3) is 3.71. The van der Waals surface area contributed by atoms with Crippen molar-refractivity contribution >= 4 is 33.6 Å². The molecule has 0 radical (unpaired) electrons. The summed E-state index contributed by atoms with van der Waals surface area (Å²) in [7, 11) is 0. The summed E-state index contributed by atoms with van der Waals surface area (Å²) in [6.45, 7) is 4.30. The van der Waals surface area contributed by atoms with Crippen LogP contribution in [0.5, 0.6) is 0 Å². The van der Waals surface area contributed by atoms with Crippen LogP contribution in [0.1, 0.15) is 24.1 Å². The number of nitrogens with zero attached hydrogens (tertiary/aromatic N) is 3. The average molecular weight is 417 g/mol. The number of fused-ring (bicyclic) bond motifs is 1. The topological polar surface area (TPSA) is 49.6 Å². The zero-order chi connectivity index (χ0) is 20.5. The maximum absolute atomic E-state index is 12.7. The Morgan fingerprint density at radius 2 is 1.93 bits per heavy atom. The largest absolute Gasteiger partial charge is 0.372 e. The maximum atomic E-state index is 12.7. The molecule has 2 aromatic carbocycles. The van der Waals surface area contributed by atoms with Gasteiger partial charge in [0.1, 0.15) is 0 Å². The van der Waals surface area contributed by atoms with Gasteiger partial charge in [-0.3, -0.25) is 9.20 Å². The third-order valence-corrected chi connectivity index (χ3v) is 6.54. The molecule has 5 nitrogen and oxygen atoms in total. The van der Waals surface area contributed by atoms with Crippen molar-refractivity contribution in [1.82, 2.24) is 9.38 Å². The fraction of sp³-hybridized carbons (Fsp3) is 0.250. The van der Waals surface area contributed by atoms with E-state index in [-0.39, 0.29) is 5.91 Å². The second kappa shape index (κ2) is 7.95. The lowest BCUT2D eigenvalue weighted by molar-refractivity contribution is -0.115. The standard InChI is InChI=1S/C24H24N4OS/c1-17-13-19(27-11-5-6-12-27)9-10-21(17)25-23(29)14-20-16-30-24-26-22(15-28(20)24)18-7-3-2-4-8-18/h2-4,7-10,13,15-16H,5-6,11-12,14H2,1H3,(H,25,29). The van der Waals surface area contributed by atoms with E-state index >= 15 is 0 Å². The van der Waals surface area contributed by atoms with Gasteiger partial charge in [0.05, 0.1) is 12.1 Å². The van der Waals surface area contributed by atoms with E-state index < -0.39 is 0 Å². The lowest BCUT2D eigenvalue weighted by Crippen LogP contribution is -2.19. The first kappa shape index (κ1) is 18.9. The molecule has 0 unspecified atom stereocenters. The molecule has 5 rings (SSSR count). The molecule has 0 spiro atoms. The first-order valence-electron chi connectivity index (χ1n) is 10.3. The van der Waals surface area contributed by atoms with Gasteiger partial charge in [-0.25, -0.2) is 4.98 Å². The van der Waals surface area contributed by atoms with Crippen LogP contribution in [0.3, 0.4) is 0 Å². The van der Waals surface area contributed by atoms with Crippen LogP contribution < -0.4 is 10.2 Å². The van der Waals surface area contributed by atoms with Gasteiger partial charge in [-0.05, 0) is 43.5 Å². The lowest BCUT2D eigenvalue weighted by atomic mass is 10.1. The molecule has 152 valence electrons. The first-order valence-corrected chi connectivity index (χ1v) is 11.2. The number of carbonyl (C=O) groups excluding carboxylic acids is 1. The molecule has 1 saturated heterocycles. The predicted molar refractivity (Wildman–Crippen MR) is 123 cm³/mol. The summed E-state index contributed by atoms with van der Waals surface area (Å²) in [5, 5.41) is 5.10. The van der Waals surface area contributed by atoms with E-state index in [4.69, 9.17) is 4.98 Å². The molecule has 1 amide bonds. The molecule has 4 aromatic rings. The number of anilines is 2. The predicted octanol–water partition coefficient (Wildman–Crippen LogP) is 5.15. The molecule has 0 saturated carbocycles. The van der Waals surface area contributed by atoms with Crippen LogP contribution in [-0.4, -0.2) is 28.4 Å². The minimum atomic E-state index is -0.0123. The Labute approximate surface area is 180 Å². The van der Waals surface area contributed by atoms with E-state index in [0.717, 1.165) is 46.3 Å². The number of thiazole rings is 1. The van der Waals surface area contributed by atoms with E-state index in [1.54, 1.807) is 11.3 Å². The van der Waals surface area contributed by atoms with Gasteiger partial charge in [0, 0.05) is 47.3 Å². The first-order chi connectivity index (χ1) is 14.7. The number of aromatic nitrogens is 2. The quantitative estimate of drug-likeness (QED) is 0.489. The van der Waals surface area contributed by atoms with Crippen molar-refractivity contribution in [2.24, 2.45) is 0 Å². The number of nitrogens with one attached hydrogen (secondary N) is 1. The molecule has 1 N–H and O–H groups in total. The van der Waals surface area contributed by atoms with Crippen LogP contribution >= 0.6 is 11.3 Å². The van der Waals surface area contributed by atoms with Crippen LogP contribution in [0.2, 0.25) is 0 Å². The minimum absolute atomic E-state index is 0.0123. The third-order valence-electron chi connectivity index (χ3n) is 5.65. The van der Waals surface area contributed by atoms with E-state index in [1.165, 1.54) is 18.5 Å². The monoisotopic (exact) mass is 416 g/mol. The molecular formula is C24H24N4OS. The Hall–Kier alpha value is -3.12. The van der Waals surface area contributed by atoms with Crippen molar-refractivity contribution in [2.75, 3.05) is 23.3 Å². The number of carbonyl (C=O) groups is 1. The van der Waals surface area contributed by atoms with E-state index in [1.807, 2.05) is 52.4 Å². The summed E-state index contributed by atoms with van der Waals surface area (Å²) >= 11 is 1.56. The average Bonchev–Trinajstić information content (AvgIpc) is 3.49. The van der Waals surface area contributed by atoms with Gasteiger partial charge in [-0.15, -0.1) is 11.3 Å². The molecule has 2 aromatic heterocycles. The van der Waals surface area contributed by atoms with Crippen molar-refractivity contribution in [3.8, 4) is 11.3 Å². The maximum Gasteiger partial charge on any atom is 0.230 e. The summed E-state index contributed by atoms with van der Waals surface area (Å²) in [6.07, 6.45) is 4.84. The van der Waals surface area contributed by atoms with Gasteiger partial charge in [0.2, 0.25) is 5.91 Å². The molecule has 1 aliphatic heterocycles. The molecule has 0 bridgehead atoms. The van der Waals surface area contributed by atoms with Gasteiger partial charge >= 0.3 is 0 Å². The number of benzene rings is 2. The van der Waals surface area contributed by atoms with Crippen LogP contribution in [0.4, 0.5) is 11.4 Å². The number of amides is 1. The van der Waals surface area contributed by atoms with E-state index in [9.17, 15) is 4.79 Å². The summed E-state index contributed by atoms with van der Waals surface area (Å²) < 4.78 is 2.02. The van der Waals surface area contributed by atoms with Crippen molar-refractivity contribution < 1.29 is 4.79 Å². The normalized spacial score (nSPS) is 13.8. The SMILES string of the molecule is Cc1cc(N2CCCC2)ccc1NC(=O)Cc1csc2nc(-c3ccccc3)cn12. The van der Waals surface area contributed by atoms with E-state index in [2.05, 4.69) is 29.3 Å². The molecule has 30 heavy (non-hydrogen) atoms. The molecular weight excluding hydrogens is 392 g/mol. The number of hydrogen-bond donors (Lipinski definition) is 1. The molecule has 0 atom stereocenters. The molecule has 0 aliphatic carbocycles. The smallest absolute Gasteiger partial charge is 0.230 e. The Morgan fingerprint density at radius 1 is 1.13 bits per heavy atom. The van der Waals surface area contributed by atoms with Gasteiger partial charge < -0.3 is 10.2 Å². The second-order valence-electron chi connectivity index (χ2n) is 7.79. The molecule has 1 fully saturated rings. The van der Waals surface area contributed by atoms with Gasteiger partial charge in [0.15, 0.2) is 4.96 Å². The number of hydrogen-bond acceptors (Lipinski definition) is 4. The Balaban J connectivity index is 1.31. The fourth-order valence-corrected chi connectivity index (χ4v) is 4.90. The highest BCUT2D eigenvalue weighted by atomic mass is 32.1. The Kier molecular flexibility index (Phi) is 5.01. The number of rotatable bonds is 5. The number of aryl methyl sites for hydroxylation is 1. The van der Waals surface area contributed by atoms with Gasteiger partial charge in [0.25, 0.3) is 0 Å². The van der Waals surface area contributed by atoms with E-state index in [0.29, 0.717) is 6.42 Å². The van der Waals surface area contributed by atoms with Crippen molar-refractivity contribution in [3.63, 3.8) is 0 Å². The number of imidazole rings is 1. The zero-order valence-electron chi connectivity index (χ0n) is 17.0. The molecule has 1 aliphatic rings. The molecule has 6 heteroatoms. The van der Waals surface area contributed by atoms with Crippen LogP contribution in [0.25, 0.3) is 16.2 Å². The van der Waals surface area contributed by atoms with Crippen LogP contribution in [0.15, 0.2) is 60.1 Å². The highest BCUT2D eigenvalue weighted by Gasteiger charge is 2.15. The summed E-state index contributed by atoms with van der Waals surface area (Å²) in [4.78, 5) is 20.8. The van der Waals surface area contributed by atoms with Crippen molar-refractivity contribution in [3.05, 3.63) is 71.4 Å². The minimum Gasteiger partial charge on any atom is -0.372 e. The van der Waals surface area contributed by atoms with Crippen molar-refractivity contribution in [1.29, 1.82) is 0 Å². The second-order valence-corrected chi connectivity index (χ2v) is 8.63. The van der Waals surface area contributed by atoms with Crippen molar-refractivity contribution in [2.45, 2.75) is 26.2 Å². The zero-order valence-corrected chi connectivity index (χ0v) is 17.8. The Morgan fingerprint density at radius 3 is 2.70 bits per heavy atom. The van der Waals surface area contributed by atoms with Gasteiger partial charge in [-0.2, -0.15) is 0 Å². The summed E-state index contributed by atoms with van der Waals surface area (Å²) in [5.41, 5.74) is 6.18. The highest BCUT2D eigenvalue weighted by molar-refractivity contribution is 7.15. The lowest BCUT2D eigenvalue weighted by Gasteiger charge is -2.19. The van der Waals surface area contributed by atoms with Crippen LogP contribution in [-0.2, 0) is 11.2 Å². The Bertz CT molecular complexity index is 1190. The van der Waals surface area contributed by atoms with Crippen LogP contribution in [0, 0.1) is 6.92 Å². The summed E-state index contributed by atoms with van der Waals surface area (Å²) in [5.74, 6) is -0.0123.